The maximum Gasteiger partial charge on any atom is 0.0371 e. The Hall–Kier alpha value is -1.22. The molecule has 0 aromatic heterocycles. The normalized spacial score (nSPS) is 21.0. The number of piperidine rings is 1. The molecule has 2 heterocycles. The maximum absolute atomic E-state index is 3.68. The van der Waals surface area contributed by atoms with Crippen LogP contribution in [0, 0.1) is 12.8 Å². The Balaban J connectivity index is 1.55. The van der Waals surface area contributed by atoms with Crippen LogP contribution in [-0.2, 0) is 0 Å². The summed E-state index contributed by atoms with van der Waals surface area (Å²) in [6.45, 7) is 8.30. The first-order chi connectivity index (χ1) is 10.2. The average molecular weight is 287 g/mol. The van der Waals surface area contributed by atoms with E-state index in [1.165, 1.54) is 68.8 Å². The molecular formula is C18H29N3. The van der Waals surface area contributed by atoms with Crippen molar-refractivity contribution in [2.45, 2.75) is 32.6 Å². The van der Waals surface area contributed by atoms with Gasteiger partial charge >= 0.3 is 0 Å². The lowest BCUT2D eigenvalue weighted by Crippen LogP contribution is -2.33. The minimum Gasteiger partial charge on any atom is -0.385 e. The maximum atomic E-state index is 3.68. The van der Waals surface area contributed by atoms with Crippen LogP contribution in [0.1, 0.15) is 31.2 Å². The Morgan fingerprint density at radius 2 is 1.81 bits per heavy atom. The Bertz CT molecular complexity index is 458. The molecule has 2 aliphatic rings. The highest BCUT2D eigenvalue weighted by Crippen LogP contribution is 2.26. The first-order valence-corrected chi connectivity index (χ1v) is 8.50. The van der Waals surface area contributed by atoms with Crippen LogP contribution in [0.15, 0.2) is 18.2 Å². The zero-order valence-corrected chi connectivity index (χ0v) is 13.6. The van der Waals surface area contributed by atoms with Gasteiger partial charge in [0.25, 0.3) is 0 Å². The Morgan fingerprint density at radius 1 is 1.10 bits per heavy atom. The second kappa shape index (κ2) is 6.69. The van der Waals surface area contributed by atoms with Crippen LogP contribution >= 0.6 is 0 Å². The lowest BCUT2D eigenvalue weighted by molar-refractivity contribution is 0.226. The van der Waals surface area contributed by atoms with Crippen LogP contribution in [0.25, 0.3) is 0 Å². The number of anilines is 2. The highest BCUT2D eigenvalue weighted by atomic mass is 15.1. The van der Waals surface area contributed by atoms with Gasteiger partial charge in [-0.2, -0.15) is 0 Å². The topological polar surface area (TPSA) is 18.5 Å². The molecule has 0 spiro atoms. The zero-order valence-electron chi connectivity index (χ0n) is 13.6. The monoisotopic (exact) mass is 287 g/mol. The van der Waals surface area contributed by atoms with Crippen molar-refractivity contribution in [2.24, 2.45) is 5.92 Å². The molecule has 116 valence electrons. The van der Waals surface area contributed by atoms with Crippen molar-refractivity contribution in [1.29, 1.82) is 0 Å². The van der Waals surface area contributed by atoms with Crippen LogP contribution < -0.4 is 10.2 Å². The third kappa shape index (κ3) is 3.70. The molecule has 3 heteroatoms. The summed E-state index contributed by atoms with van der Waals surface area (Å²) < 4.78 is 0. The van der Waals surface area contributed by atoms with Gasteiger partial charge in [-0.1, -0.05) is 0 Å². The third-order valence-electron chi connectivity index (χ3n) is 5.10. The van der Waals surface area contributed by atoms with Crippen molar-refractivity contribution in [3.63, 3.8) is 0 Å². The minimum absolute atomic E-state index is 0.832. The predicted octanol–water partition coefficient (Wildman–Crippen LogP) is 3.35. The number of aryl methyl sites for hydroxylation is 1. The SMILES string of the molecule is Cc1cc(N2CCCC2)ccc1NCC1CCN(C)CC1. The van der Waals surface area contributed by atoms with Gasteiger partial charge in [0.1, 0.15) is 0 Å². The van der Waals surface area contributed by atoms with Crippen molar-refractivity contribution < 1.29 is 0 Å². The molecule has 1 aromatic rings. The Morgan fingerprint density at radius 3 is 2.48 bits per heavy atom. The zero-order chi connectivity index (χ0) is 14.7. The fraction of sp³-hybridized carbons (Fsp3) is 0.667. The van der Waals surface area contributed by atoms with E-state index in [1.54, 1.807) is 0 Å². The molecule has 0 saturated carbocycles. The van der Waals surface area contributed by atoms with Crippen LogP contribution in [0.3, 0.4) is 0 Å². The first kappa shape index (κ1) is 14.7. The molecule has 1 N–H and O–H groups in total. The van der Waals surface area contributed by atoms with E-state index in [0.717, 1.165) is 12.5 Å². The van der Waals surface area contributed by atoms with Crippen molar-refractivity contribution in [2.75, 3.05) is 50.0 Å². The van der Waals surface area contributed by atoms with Crippen LogP contribution in [0.2, 0.25) is 0 Å². The molecule has 0 radical (unpaired) electrons. The van der Waals surface area contributed by atoms with Gasteiger partial charge in [0, 0.05) is 31.0 Å². The first-order valence-electron chi connectivity index (χ1n) is 8.50. The summed E-state index contributed by atoms with van der Waals surface area (Å²) in [5.74, 6) is 0.832. The fourth-order valence-electron chi connectivity index (χ4n) is 3.54. The molecule has 2 fully saturated rings. The summed E-state index contributed by atoms with van der Waals surface area (Å²) in [6.07, 6.45) is 5.34. The summed E-state index contributed by atoms with van der Waals surface area (Å²) in [4.78, 5) is 4.94. The van der Waals surface area contributed by atoms with Gasteiger partial charge in [-0.05, 0) is 82.4 Å². The molecule has 0 aliphatic carbocycles. The van der Waals surface area contributed by atoms with E-state index in [1.807, 2.05) is 0 Å². The average Bonchev–Trinajstić information content (AvgIpc) is 3.02. The molecule has 0 atom stereocenters. The summed E-state index contributed by atoms with van der Waals surface area (Å²) in [7, 11) is 2.23. The largest absolute Gasteiger partial charge is 0.385 e. The Kier molecular flexibility index (Phi) is 4.69. The van der Waals surface area contributed by atoms with E-state index < -0.39 is 0 Å². The summed E-state index contributed by atoms with van der Waals surface area (Å²) in [6, 6.07) is 6.91. The van der Waals surface area contributed by atoms with Gasteiger partial charge in [0.2, 0.25) is 0 Å². The van der Waals surface area contributed by atoms with Gasteiger partial charge in [-0.3, -0.25) is 0 Å². The molecule has 1 aromatic carbocycles. The number of hydrogen-bond donors (Lipinski definition) is 1. The minimum atomic E-state index is 0.832. The predicted molar refractivity (Wildman–Crippen MR) is 91.3 cm³/mol. The molecule has 2 saturated heterocycles. The third-order valence-corrected chi connectivity index (χ3v) is 5.10. The van der Waals surface area contributed by atoms with Crippen LogP contribution in [0.4, 0.5) is 11.4 Å². The number of hydrogen-bond acceptors (Lipinski definition) is 3. The van der Waals surface area contributed by atoms with Gasteiger partial charge in [0.15, 0.2) is 0 Å². The fourth-order valence-corrected chi connectivity index (χ4v) is 3.54. The quantitative estimate of drug-likeness (QED) is 0.916. The number of likely N-dealkylation sites (tertiary alicyclic amines) is 1. The highest BCUT2D eigenvalue weighted by Gasteiger charge is 2.17. The lowest BCUT2D eigenvalue weighted by Gasteiger charge is -2.29. The van der Waals surface area contributed by atoms with E-state index in [-0.39, 0.29) is 0 Å². The van der Waals surface area contributed by atoms with Gasteiger partial charge in [-0.25, -0.2) is 0 Å². The lowest BCUT2D eigenvalue weighted by atomic mass is 9.97. The van der Waals surface area contributed by atoms with Crippen LogP contribution in [0.5, 0.6) is 0 Å². The number of rotatable bonds is 4. The van der Waals surface area contributed by atoms with E-state index >= 15 is 0 Å². The number of nitrogens with zero attached hydrogens (tertiary/aromatic N) is 2. The van der Waals surface area contributed by atoms with Crippen molar-refractivity contribution in [1.82, 2.24) is 4.90 Å². The van der Waals surface area contributed by atoms with Crippen molar-refractivity contribution >= 4 is 11.4 Å². The molecule has 3 rings (SSSR count). The standard InChI is InChI=1S/C18H29N3/c1-15-13-17(21-9-3-4-10-21)5-6-18(15)19-14-16-7-11-20(2)12-8-16/h5-6,13,16,19H,3-4,7-12,14H2,1-2H3. The highest BCUT2D eigenvalue weighted by molar-refractivity contribution is 5.60. The van der Waals surface area contributed by atoms with Crippen molar-refractivity contribution in [3.8, 4) is 0 Å². The molecular weight excluding hydrogens is 258 g/mol. The van der Waals surface area contributed by atoms with Crippen molar-refractivity contribution in [3.05, 3.63) is 23.8 Å². The second-order valence-electron chi connectivity index (χ2n) is 6.82. The molecule has 3 nitrogen and oxygen atoms in total. The van der Waals surface area contributed by atoms with Gasteiger partial charge in [-0.15, -0.1) is 0 Å². The Labute approximate surface area is 129 Å². The molecule has 0 bridgehead atoms. The number of nitrogens with one attached hydrogen (secondary N) is 1. The number of benzene rings is 1. The summed E-state index contributed by atoms with van der Waals surface area (Å²) >= 11 is 0. The molecule has 21 heavy (non-hydrogen) atoms. The van der Waals surface area contributed by atoms with E-state index in [9.17, 15) is 0 Å². The van der Waals surface area contributed by atoms with Gasteiger partial charge < -0.3 is 15.1 Å². The van der Waals surface area contributed by atoms with Gasteiger partial charge in [0.05, 0.1) is 0 Å². The van der Waals surface area contributed by atoms with E-state index in [0.29, 0.717) is 0 Å². The summed E-state index contributed by atoms with van der Waals surface area (Å²) in [5.41, 5.74) is 4.10. The summed E-state index contributed by atoms with van der Waals surface area (Å²) in [5, 5.41) is 3.68. The molecule has 2 aliphatic heterocycles. The smallest absolute Gasteiger partial charge is 0.0371 e. The molecule has 0 unspecified atom stereocenters. The molecule has 0 amide bonds. The van der Waals surface area contributed by atoms with E-state index in [4.69, 9.17) is 0 Å². The van der Waals surface area contributed by atoms with Crippen LogP contribution in [-0.4, -0.2) is 44.7 Å². The van der Waals surface area contributed by atoms with E-state index in [2.05, 4.69) is 47.3 Å². The second-order valence-corrected chi connectivity index (χ2v) is 6.82.